The van der Waals surface area contributed by atoms with E-state index in [-0.39, 0.29) is 18.1 Å². The molecule has 0 aliphatic heterocycles. The number of amides is 1. The molecule has 33 heavy (non-hydrogen) atoms. The van der Waals surface area contributed by atoms with E-state index in [9.17, 15) is 9.59 Å². The van der Waals surface area contributed by atoms with Gasteiger partial charge in [-0.05, 0) is 46.5 Å². The Morgan fingerprint density at radius 3 is 2.09 bits per heavy atom. The van der Waals surface area contributed by atoms with Crippen LogP contribution in [0.3, 0.4) is 0 Å². The number of carboxylic acids is 1. The first-order valence-corrected chi connectivity index (χ1v) is 10.8. The van der Waals surface area contributed by atoms with E-state index in [0.717, 1.165) is 0 Å². The smallest absolute Gasteiger partial charge is 0.407 e. The Morgan fingerprint density at radius 1 is 0.818 bits per heavy atom. The van der Waals surface area contributed by atoms with Crippen LogP contribution in [0.15, 0.2) is 72.8 Å². The van der Waals surface area contributed by atoms with E-state index in [1.54, 1.807) is 12.1 Å². The molecule has 0 aromatic heterocycles. The van der Waals surface area contributed by atoms with Gasteiger partial charge in [-0.25, -0.2) is 9.59 Å². The Hall–Kier alpha value is -3.84. The molecule has 0 unspecified atom stereocenters. The number of hydrogen-bond acceptors (Lipinski definition) is 5. The zero-order valence-electron chi connectivity index (χ0n) is 18.0. The molecule has 0 bridgehead atoms. The summed E-state index contributed by atoms with van der Waals surface area (Å²) >= 11 is 0. The third-order valence-corrected chi connectivity index (χ3v) is 5.46. The first-order chi connectivity index (χ1) is 16.1. The van der Waals surface area contributed by atoms with Crippen LogP contribution in [0.2, 0.25) is 0 Å². The van der Waals surface area contributed by atoms with Gasteiger partial charge in [-0.3, -0.25) is 0 Å². The number of fused-ring (bicyclic) bond motifs is 3. The Labute approximate surface area is 191 Å². The molecule has 0 saturated heterocycles. The van der Waals surface area contributed by atoms with Gasteiger partial charge in [0.15, 0.2) is 0 Å². The van der Waals surface area contributed by atoms with Gasteiger partial charge >= 0.3 is 12.1 Å². The van der Waals surface area contributed by atoms with Crippen molar-refractivity contribution in [3.05, 3.63) is 89.5 Å². The summed E-state index contributed by atoms with van der Waals surface area (Å²) in [7, 11) is 0. The summed E-state index contributed by atoms with van der Waals surface area (Å²) in [5.41, 5.74) is 4.93. The van der Waals surface area contributed by atoms with Gasteiger partial charge in [-0.15, -0.1) is 0 Å². The van der Waals surface area contributed by atoms with Crippen molar-refractivity contribution in [2.24, 2.45) is 0 Å². The lowest BCUT2D eigenvalue weighted by molar-refractivity contribution is 0.0696. The van der Waals surface area contributed by atoms with E-state index < -0.39 is 12.1 Å². The summed E-state index contributed by atoms with van der Waals surface area (Å²) in [6.45, 7) is 1.58. The second kappa shape index (κ2) is 10.7. The minimum Gasteiger partial charge on any atom is -0.491 e. The number of aromatic carboxylic acids is 1. The minimum atomic E-state index is -0.978. The molecule has 1 aliphatic rings. The molecule has 3 aromatic rings. The van der Waals surface area contributed by atoms with Crippen LogP contribution in [-0.4, -0.2) is 50.1 Å². The number of nitrogens with one attached hydrogen (secondary N) is 1. The zero-order chi connectivity index (χ0) is 23.0. The van der Waals surface area contributed by atoms with E-state index in [4.69, 9.17) is 19.3 Å². The number of ether oxygens (including phenoxy) is 3. The van der Waals surface area contributed by atoms with Crippen LogP contribution in [-0.2, 0) is 9.47 Å². The number of carboxylic acid groups (broad SMARTS) is 1. The van der Waals surface area contributed by atoms with Crippen molar-refractivity contribution in [2.75, 3.05) is 33.0 Å². The molecule has 0 saturated carbocycles. The standard InChI is InChI=1S/C26H25NO6/c28-25(29)18-9-11-19(12-10-18)32-16-15-31-14-13-27-26(30)33-17-24-22-7-3-1-5-20(22)21-6-2-4-8-23(21)24/h1-12,24H,13-17H2,(H,27,30)(H,28,29). The average Bonchev–Trinajstić information content (AvgIpc) is 3.16. The molecule has 2 N–H and O–H groups in total. The average molecular weight is 447 g/mol. The topological polar surface area (TPSA) is 94.1 Å². The van der Waals surface area contributed by atoms with Gasteiger partial charge in [0.25, 0.3) is 0 Å². The maximum absolute atomic E-state index is 12.1. The van der Waals surface area contributed by atoms with E-state index in [0.29, 0.717) is 32.1 Å². The van der Waals surface area contributed by atoms with Crippen molar-refractivity contribution in [1.29, 1.82) is 0 Å². The van der Waals surface area contributed by atoms with Crippen LogP contribution in [0.25, 0.3) is 11.1 Å². The molecule has 0 radical (unpaired) electrons. The lowest BCUT2D eigenvalue weighted by Gasteiger charge is -2.14. The Bertz CT molecular complexity index is 1070. The molecule has 1 amide bonds. The molecular weight excluding hydrogens is 422 g/mol. The van der Waals surface area contributed by atoms with Crippen molar-refractivity contribution in [2.45, 2.75) is 5.92 Å². The van der Waals surface area contributed by atoms with E-state index in [1.165, 1.54) is 34.4 Å². The second-order valence-electron chi connectivity index (χ2n) is 7.54. The van der Waals surface area contributed by atoms with Crippen LogP contribution in [0.5, 0.6) is 5.75 Å². The van der Waals surface area contributed by atoms with Crippen molar-refractivity contribution < 1.29 is 28.9 Å². The van der Waals surface area contributed by atoms with E-state index in [1.807, 2.05) is 24.3 Å². The first-order valence-electron chi connectivity index (χ1n) is 10.8. The quantitative estimate of drug-likeness (QED) is 0.450. The number of alkyl carbamates (subject to hydrolysis) is 1. The molecule has 0 fully saturated rings. The lowest BCUT2D eigenvalue weighted by atomic mass is 9.98. The molecule has 0 heterocycles. The maximum Gasteiger partial charge on any atom is 0.407 e. The minimum absolute atomic E-state index is 0.0288. The van der Waals surface area contributed by atoms with E-state index >= 15 is 0 Å². The van der Waals surface area contributed by atoms with Gasteiger partial charge in [-0.1, -0.05) is 48.5 Å². The van der Waals surface area contributed by atoms with Crippen LogP contribution < -0.4 is 10.1 Å². The van der Waals surface area contributed by atoms with Gasteiger partial charge in [0, 0.05) is 12.5 Å². The first kappa shape index (κ1) is 22.4. The highest BCUT2D eigenvalue weighted by molar-refractivity contribution is 5.87. The summed E-state index contributed by atoms with van der Waals surface area (Å²) in [6.07, 6.45) is -0.477. The normalized spacial score (nSPS) is 12.0. The van der Waals surface area contributed by atoms with Gasteiger partial charge in [0.1, 0.15) is 19.0 Å². The third-order valence-electron chi connectivity index (χ3n) is 5.46. The fraction of sp³-hybridized carbons (Fsp3) is 0.231. The van der Waals surface area contributed by atoms with Crippen LogP contribution in [0, 0.1) is 0 Å². The summed E-state index contributed by atoms with van der Waals surface area (Å²) in [5.74, 6) is -0.379. The monoisotopic (exact) mass is 447 g/mol. The highest BCUT2D eigenvalue weighted by Gasteiger charge is 2.28. The number of benzene rings is 3. The van der Waals surface area contributed by atoms with Crippen molar-refractivity contribution >= 4 is 12.1 Å². The fourth-order valence-electron chi connectivity index (χ4n) is 3.89. The largest absolute Gasteiger partial charge is 0.491 e. The molecule has 3 aromatic carbocycles. The van der Waals surface area contributed by atoms with Crippen LogP contribution in [0.1, 0.15) is 27.4 Å². The fourth-order valence-corrected chi connectivity index (χ4v) is 3.89. The van der Waals surface area contributed by atoms with Crippen LogP contribution in [0.4, 0.5) is 4.79 Å². The predicted octanol–water partition coefficient (Wildman–Crippen LogP) is 4.32. The summed E-state index contributed by atoms with van der Waals surface area (Å²) in [5, 5.41) is 11.6. The van der Waals surface area contributed by atoms with Crippen LogP contribution >= 0.6 is 0 Å². The molecule has 0 atom stereocenters. The van der Waals surface area contributed by atoms with Crippen molar-refractivity contribution in [3.8, 4) is 16.9 Å². The number of carbonyl (C=O) groups is 2. The van der Waals surface area contributed by atoms with Gasteiger partial charge in [-0.2, -0.15) is 0 Å². The molecule has 7 heteroatoms. The van der Waals surface area contributed by atoms with Gasteiger partial charge in [0.2, 0.25) is 0 Å². The molecule has 0 spiro atoms. The maximum atomic E-state index is 12.1. The lowest BCUT2D eigenvalue weighted by Crippen LogP contribution is -2.29. The zero-order valence-corrected chi connectivity index (χ0v) is 18.0. The summed E-state index contributed by atoms with van der Waals surface area (Å²) in [4.78, 5) is 22.9. The highest BCUT2D eigenvalue weighted by Crippen LogP contribution is 2.44. The molecule has 1 aliphatic carbocycles. The number of hydrogen-bond donors (Lipinski definition) is 2. The molecule has 7 nitrogen and oxygen atoms in total. The predicted molar refractivity (Wildman–Crippen MR) is 123 cm³/mol. The van der Waals surface area contributed by atoms with Crippen molar-refractivity contribution in [1.82, 2.24) is 5.32 Å². The third kappa shape index (κ3) is 5.51. The SMILES string of the molecule is O=C(NCCOCCOc1ccc(C(=O)O)cc1)OCC1c2ccccc2-c2ccccc21. The molecular formula is C26H25NO6. The van der Waals surface area contributed by atoms with Gasteiger partial charge in [0.05, 0.1) is 18.8 Å². The molecule has 170 valence electrons. The highest BCUT2D eigenvalue weighted by atomic mass is 16.6. The number of rotatable bonds is 10. The second-order valence-corrected chi connectivity index (χ2v) is 7.54. The Kier molecular flexibility index (Phi) is 7.22. The number of carbonyl (C=O) groups excluding carboxylic acids is 1. The summed E-state index contributed by atoms with van der Waals surface area (Å²) in [6, 6.07) is 22.6. The summed E-state index contributed by atoms with van der Waals surface area (Å²) < 4.78 is 16.4. The Morgan fingerprint density at radius 2 is 1.45 bits per heavy atom. The van der Waals surface area contributed by atoms with Gasteiger partial charge < -0.3 is 24.6 Å². The Balaban J connectivity index is 1.13. The molecule has 4 rings (SSSR count). The van der Waals surface area contributed by atoms with E-state index in [2.05, 4.69) is 29.6 Å². The van der Waals surface area contributed by atoms with Crippen molar-refractivity contribution in [3.63, 3.8) is 0 Å².